The third-order valence-corrected chi connectivity index (χ3v) is 7.78. The zero-order chi connectivity index (χ0) is 21.6. The van der Waals surface area contributed by atoms with Gasteiger partial charge in [-0.05, 0) is 67.9 Å². The molecule has 1 atom stereocenters. The van der Waals surface area contributed by atoms with Crippen molar-refractivity contribution in [2.75, 3.05) is 38.2 Å². The quantitative estimate of drug-likeness (QED) is 0.559. The average Bonchev–Trinajstić information content (AvgIpc) is 3.40. The molecule has 0 unspecified atom stereocenters. The Hall–Kier alpha value is -1.21. The molecule has 1 saturated carbocycles. The Morgan fingerprint density at radius 3 is 2.55 bits per heavy atom. The topological polar surface area (TPSA) is 54.6 Å². The van der Waals surface area contributed by atoms with Gasteiger partial charge in [0.25, 0.3) is 15.6 Å². The number of methoxy groups -OCH3 is 1. The second kappa shape index (κ2) is 8.29. The molecule has 2 aromatic rings. The number of rotatable bonds is 4. The molecule has 9 heteroatoms. The van der Waals surface area contributed by atoms with Crippen LogP contribution in [-0.4, -0.2) is 54.4 Å². The predicted molar refractivity (Wildman–Crippen MR) is 122 cm³/mol. The van der Waals surface area contributed by atoms with E-state index in [4.69, 9.17) is 44.1 Å². The maximum Gasteiger partial charge on any atom is 0.280 e. The van der Waals surface area contributed by atoms with Crippen LogP contribution in [0, 0.1) is 5.41 Å². The van der Waals surface area contributed by atoms with E-state index in [-0.39, 0.29) is 5.89 Å². The van der Waals surface area contributed by atoms with Gasteiger partial charge < -0.3 is 19.1 Å². The van der Waals surface area contributed by atoms with E-state index in [0.29, 0.717) is 23.3 Å². The second-order valence-electron chi connectivity index (χ2n) is 9.20. The van der Waals surface area contributed by atoms with E-state index in [1.54, 1.807) is 7.11 Å². The number of aromatic nitrogens is 2. The van der Waals surface area contributed by atoms with Gasteiger partial charge in [-0.3, -0.25) is 0 Å². The minimum absolute atomic E-state index is 0.0238. The van der Waals surface area contributed by atoms with Crippen molar-refractivity contribution in [1.82, 2.24) is 15.0 Å². The van der Waals surface area contributed by atoms with Crippen molar-refractivity contribution in [3.8, 4) is 5.75 Å². The Labute approximate surface area is 197 Å². The fraction of sp³-hybridized carbons (Fsp3) is 0.636. The number of likely N-dealkylation sites (tertiary alicyclic amines) is 1. The summed E-state index contributed by atoms with van der Waals surface area (Å²) in [4.78, 5) is 9.08. The number of hydrogen-bond donors (Lipinski definition) is 0. The van der Waals surface area contributed by atoms with E-state index in [1.807, 2.05) is 6.07 Å². The number of benzene rings is 1. The molecule has 1 aromatic carbocycles. The van der Waals surface area contributed by atoms with Gasteiger partial charge in [-0.2, -0.15) is 4.98 Å². The first-order chi connectivity index (χ1) is 14.9. The summed E-state index contributed by atoms with van der Waals surface area (Å²) in [5.74, 6) is 2.16. The minimum atomic E-state index is -1.68. The van der Waals surface area contributed by atoms with Crippen LogP contribution in [0.5, 0.6) is 5.75 Å². The Bertz CT molecular complexity index is 917. The zero-order valence-corrected chi connectivity index (χ0v) is 19.8. The van der Waals surface area contributed by atoms with Crippen LogP contribution in [0.15, 0.2) is 28.8 Å². The number of hydrogen-bond acceptors (Lipinski definition) is 6. The normalized spacial score (nSPS) is 24.5. The van der Waals surface area contributed by atoms with Crippen LogP contribution < -0.4 is 9.64 Å². The van der Waals surface area contributed by atoms with Crippen molar-refractivity contribution in [3.63, 3.8) is 0 Å². The summed E-state index contributed by atoms with van der Waals surface area (Å²) in [6, 6.07) is 9.13. The second-order valence-corrected chi connectivity index (χ2v) is 11.5. The fourth-order valence-corrected chi connectivity index (χ4v) is 5.95. The van der Waals surface area contributed by atoms with Gasteiger partial charge in [-0.25, -0.2) is 0 Å². The first-order valence-corrected chi connectivity index (χ1v) is 12.0. The smallest absolute Gasteiger partial charge is 0.280 e. The largest absolute Gasteiger partial charge is 0.496 e. The number of alkyl halides is 3. The molecule has 1 spiro atoms. The van der Waals surface area contributed by atoms with Crippen molar-refractivity contribution in [2.45, 2.75) is 47.9 Å². The molecule has 5 rings (SSSR count). The highest BCUT2D eigenvalue weighted by molar-refractivity contribution is 6.66. The van der Waals surface area contributed by atoms with E-state index in [9.17, 15) is 0 Å². The van der Waals surface area contributed by atoms with Crippen LogP contribution in [0.25, 0.3) is 0 Å². The molecule has 0 amide bonds. The Morgan fingerprint density at radius 1 is 1.13 bits per heavy atom. The molecule has 0 radical (unpaired) electrons. The summed E-state index contributed by atoms with van der Waals surface area (Å²) in [6.45, 7) is 4.20. The molecule has 3 heterocycles. The maximum absolute atomic E-state index is 5.83. The summed E-state index contributed by atoms with van der Waals surface area (Å²) in [7, 11) is 1.76. The van der Waals surface area contributed by atoms with Gasteiger partial charge in [-0.15, -0.1) is 0 Å². The molecule has 3 aliphatic rings. The Balaban J connectivity index is 1.14. The molecule has 168 valence electrons. The van der Waals surface area contributed by atoms with Gasteiger partial charge in [0.2, 0.25) is 0 Å². The number of piperidine rings is 1. The van der Waals surface area contributed by atoms with E-state index in [1.165, 1.54) is 37.7 Å². The molecule has 0 N–H and O–H groups in total. The van der Waals surface area contributed by atoms with Crippen LogP contribution in [-0.2, 0) is 3.79 Å². The van der Waals surface area contributed by atoms with E-state index in [2.05, 4.69) is 38.1 Å². The van der Waals surface area contributed by atoms with Crippen LogP contribution in [0.3, 0.4) is 0 Å². The van der Waals surface area contributed by atoms with Gasteiger partial charge >= 0.3 is 0 Å². The monoisotopic (exact) mass is 484 g/mol. The number of para-hydroxylation sites is 1. The lowest BCUT2D eigenvalue weighted by Gasteiger charge is -2.48. The molecule has 2 saturated heterocycles. The molecular weight excluding hydrogens is 459 g/mol. The third-order valence-electron chi connectivity index (χ3n) is 7.29. The van der Waals surface area contributed by atoms with E-state index in [0.717, 1.165) is 31.9 Å². The van der Waals surface area contributed by atoms with Crippen LogP contribution in [0.4, 0.5) is 5.95 Å². The molecular formula is C22H27Cl3N4O2. The molecule has 2 aliphatic heterocycles. The predicted octanol–water partition coefficient (Wildman–Crippen LogP) is 5.14. The van der Waals surface area contributed by atoms with Crippen molar-refractivity contribution in [2.24, 2.45) is 5.41 Å². The molecule has 1 aromatic heterocycles. The Kier molecular flexibility index (Phi) is 5.78. The minimum Gasteiger partial charge on any atom is -0.496 e. The average molecular weight is 486 g/mol. The number of anilines is 1. The summed E-state index contributed by atoms with van der Waals surface area (Å²) < 4.78 is 9.01. The summed E-state index contributed by atoms with van der Waals surface area (Å²) in [5, 5.41) is 3.99. The first kappa shape index (κ1) is 21.6. The maximum atomic E-state index is 5.83. The Morgan fingerprint density at radius 2 is 1.87 bits per heavy atom. The van der Waals surface area contributed by atoms with Crippen molar-refractivity contribution >= 4 is 40.8 Å². The summed E-state index contributed by atoms with van der Waals surface area (Å²) in [6.07, 6.45) is 6.13. The number of halogens is 3. The van der Waals surface area contributed by atoms with Gasteiger partial charge in [0.1, 0.15) is 5.75 Å². The number of ether oxygens (including phenoxy) is 1. The van der Waals surface area contributed by atoms with Gasteiger partial charge in [0.05, 0.1) is 7.11 Å². The molecule has 3 fully saturated rings. The lowest BCUT2D eigenvalue weighted by Crippen LogP contribution is -2.56. The third kappa shape index (κ3) is 4.24. The first-order valence-electron chi connectivity index (χ1n) is 10.9. The van der Waals surface area contributed by atoms with Crippen LogP contribution in [0.2, 0.25) is 0 Å². The van der Waals surface area contributed by atoms with Crippen molar-refractivity contribution in [1.29, 1.82) is 0 Å². The summed E-state index contributed by atoms with van der Waals surface area (Å²) in [5.41, 5.74) is 1.71. The molecule has 1 aliphatic carbocycles. The van der Waals surface area contributed by atoms with Gasteiger partial charge in [0.15, 0.2) is 0 Å². The standard InChI is InChI=1S/C22H27Cl3N4O2/c1-30-18-5-3-2-4-17(18)15-7-10-28(11-8-15)16-6-9-21(12-16)13-29(14-21)20-26-19(31-27-20)22(23,24)25/h2-5,15-16H,6-14H2,1H3/t16-/m1/s1. The van der Waals surface area contributed by atoms with Crippen molar-refractivity contribution < 1.29 is 9.26 Å². The molecule has 6 nitrogen and oxygen atoms in total. The molecule has 31 heavy (non-hydrogen) atoms. The fourth-order valence-electron chi connectivity index (χ4n) is 5.72. The lowest BCUT2D eigenvalue weighted by molar-refractivity contribution is 0.131. The summed E-state index contributed by atoms with van der Waals surface area (Å²) >= 11 is 17.5. The van der Waals surface area contributed by atoms with Gasteiger partial charge in [0, 0.05) is 24.5 Å². The number of nitrogens with zero attached hydrogens (tertiary/aromatic N) is 4. The van der Waals surface area contributed by atoms with Crippen molar-refractivity contribution in [3.05, 3.63) is 35.7 Å². The zero-order valence-electron chi connectivity index (χ0n) is 17.6. The van der Waals surface area contributed by atoms with Crippen LogP contribution >= 0.6 is 34.8 Å². The SMILES string of the molecule is COc1ccccc1C1CCN([C@@H]2CCC3(C2)CN(c2noc(C(Cl)(Cl)Cl)n2)C3)CC1. The van der Waals surface area contributed by atoms with E-state index >= 15 is 0 Å². The highest BCUT2D eigenvalue weighted by Crippen LogP contribution is 2.49. The van der Waals surface area contributed by atoms with Gasteiger partial charge in [-0.1, -0.05) is 53.0 Å². The van der Waals surface area contributed by atoms with E-state index < -0.39 is 3.79 Å². The van der Waals surface area contributed by atoms with Crippen LogP contribution in [0.1, 0.15) is 49.5 Å². The highest BCUT2D eigenvalue weighted by atomic mass is 35.6. The highest BCUT2D eigenvalue weighted by Gasteiger charge is 2.50. The lowest BCUT2D eigenvalue weighted by atomic mass is 9.78. The molecule has 0 bridgehead atoms.